The molecule has 1 heterocycles. The third kappa shape index (κ3) is 4.41. The Bertz CT molecular complexity index is 1430. The van der Waals surface area contributed by atoms with Crippen molar-refractivity contribution in [3.05, 3.63) is 113 Å². The molecule has 2 amide bonds. The lowest BCUT2D eigenvalue weighted by molar-refractivity contribution is -0.136. The average Bonchev–Trinajstić information content (AvgIpc) is 3.12. The van der Waals surface area contributed by atoms with Crippen molar-refractivity contribution >= 4 is 33.8 Å². The number of rotatable bonds is 7. The molecular formula is C30H26N2O3. The Labute approximate surface area is 204 Å². The number of benzene rings is 4. The minimum Gasteiger partial charge on any atom is -0.497 e. The highest BCUT2D eigenvalue weighted by Crippen LogP contribution is 2.33. The number of nitrogens with zero attached hydrogens (tertiary/aromatic N) is 1. The van der Waals surface area contributed by atoms with E-state index in [1.807, 2.05) is 97.9 Å². The summed E-state index contributed by atoms with van der Waals surface area (Å²) in [6.45, 7) is 2.29. The summed E-state index contributed by atoms with van der Waals surface area (Å²) in [5, 5.41) is 5.37. The van der Waals surface area contributed by atoms with Gasteiger partial charge >= 0.3 is 0 Å². The van der Waals surface area contributed by atoms with E-state index in [4.69, 9.17) is 4.74 Å². The lowest BCUT2D eigenvalue weighted by atomic mass is 10.0. The van der Waals surface area contributed by atoms with Crippen LogP contribution in [0, 0.1) is 6.92 Å². The summed E-state index contributed by atoms with van der Waals surface area (Å²) < 4.78 is 5.22. The Balaban J connectivity index is 1.49. The summed E-state index contributed by atoms with van der Waals surface area (Å²) in [7, 11) is 1.62. The maximum Gasteiger partial charge on any atom is 0.278 e. The molecule has 4 aromatic carbocycles. The van der Waals surface area contributed by atoms with E-state index in [1.54, 1.807) is 7.11 Å². The van der Waals surface area contributed by atoms with Crippen molar-refractivity contribution < 1.29 is 14.3 Å². The van der Waals surface area contributed by atoms with Crippen LogP contribution in [-0.2, 0) is 16.0 Å². The third-order valence-electron chi connectivity index (χ3n) is 6.34. The van der Waals surface area contributed by atoms with Gasteiger partial charge in [-0.05, 0) is 48.1 Å². The van der Waals surface area contributed by atoms with E-state index >= 15 is 0 Å². The SMILES string of the molecule is COc1ccc(CCN2C(=O)C(Nc3cccc4ccccc34)=C(c3ccc(C)cc3)C2=O)cc1. The number of nitrogens with one attached hydrogen (secondary N) is 1. The van der Waals surface area contributed by atoms with Crippen LogP contribution >= 0.6 is 0 Å². The van der Waals surface area contributed by atoms with Crippen LogP contribution in [0.4, 0.5) is 5.69 Å². The fraction of sp³-hybridized carbons (Fsp3) is 0.133. The van der Waals surface area contributed by atoms with Crippen molar-refractivity contribution in [3.8, 4) is 5.75 Å². The van der Waals surface area contributed by atoms with Gasteiger partial charge in [0.1, 0.15) is 11.4 Å². The molecule has 35 heavy (non-hydrogen) atoms. The second-order valence-corrected chi connectivity index (χ2v) is 8.63. The lowest BCUT2D eigenvalue weighted by Crippen LogP contribution is -2.34. The highest BCUT2D eigenvalue weighted by Gasteiger charge is 2.39. The Morgan fingerprint density at radius 3 is 2.26 bits per heavy atom. The number of anilines is 1. The van der Waals surface area contributed by atoms with Gasteiger partial charge in [-0.2, -0.15) is 0 Å². The van der Waals surface area contributed by atoms with Crippen molar-refractivity contribution in [2.75, 3.05) is 19.0 Å². The van der Waals surface area contributed by atoms with Crippen LogP contribution in [0.5, 0.6) is 5.75 Å². The molecule has 0 saturated carbocycles. The summed E-state index contributed by atoms with van der Waals surface area (Å²) in [6, 6.07) is 29.2. The predicted molar refractivity (Wildman–Crippen MR) is 139 cm³/mol. The van der Waals surface area contributed by atoms with E-state index in [1.165, 1.54) is 4.90 Å². The smallest absolute Gasteiger partial charge is 0.278 e. The van der Waals surface area contributed by atoms with E-state index in [9.17, 15) is 9.59 Å². The van der Waals surface area contributed by atoms with Gasteiger partial charge in [-0.15, -0.1) is 0 Å². The second-order valence-electron chi connectivity index (χ2n) is 8.63. The van der Waals surface area contributed by atoms with Gasteiger partial charge in [-0.1, -0.05) is 78.4 Å². The molecule has 0 radical (unpaired) electrons. The number of imide groups is 1. The normalized spacial score (nSPS) is 13.6. The van der Waals surface area contributed by atoms with Gasteiger partial charge in [0.2, 0.25) is 0 Å². The van der Waals surface area contributed by atoms with Gasteiger partial charge in [0.15, 0.2) is 0 Å². The van der Waals surface area contributed by atoms with Crippen molar-refractivity contribution in [3.63, 3.8) is 0 Å². The molecule has 0 unspecified atom stereocenters. The maximum atomic E-state index is 13.6. The van der Waals surface area contributed by atoms with E-state index in [0.29, 0.717) is 24.2 Å². The zero-order valence-electron chi connectivity index (χ0n) is 19.7. The van der Waals surface area contributed by atoms with Gasteiger partial charge in [-0.25, -0.2) is 0 Å². The maximum absolute atomic E-state index is 13.6. The van der Waals surface area contributed by atoms with Crippen LogP contribution in [-0.4, -0.2) is 30.4 Å². The molecule has 0 fully saturated rings. The fourth-order valence-corrected chi connectivity index (χ4v) is 4.39. The van der Waals surface area contributed by atoms with Gasteiger partial charge in [0.25, 0.3) is 11.8 Å². The van der Waals surface area contributed by atoms with Crippen LogP contribution in [0.3, 0.4) is 0 Å². The molecule has 0 aromatic heterocycles. The average molecular weight is 463 g/mol. The van der Waals surface area contributed by atoms with Crippen LogP contribution in [0.2, 0.25) is 0 Å². The van der Waals surface area contributed by atoms with E-state index < -0.39 is 0 Å². The zero-order valence-corrected chi connectivity index (χ0v) is 19.7. The number of hydrogen-bond donors (Lipinski definition) is 1. The van der Waals surface area contributed by atoms with Crippen molar-refractivity contribution in [1.82, 2.24) is 4.90 Å². The molecule has 1 aliphatic heterocycles. The van der Waals surface area contributed by atoms with E-state index in [0.717, 1.165) is 38.9 Å². The number of carbonyl (C=O) groups is 2. The first kappa shape index (κ1) is 22.4. The monoisotopic (exact) mass is 462 g/mol. The number of carbonyl (C=O) groups excluding carboxylic acids is 2. The highest BCUT2D eigenvalue weighted by molar-refractivity contribution is 6.36. The molecule has 174 valence electrons. The molecule has 1 aliphatic rings. The first-order valence-electron chi connectivity index (χ1n) is 11.6. The third-order valence-corrected chi connectivity index (χ3v) is 6.34. The molecule has 5 nitrogen and oxygen atoms in total. The Kier molecular flexibility index (Phi) is 6.06. The molecule has 4 aromatic rings. The Morgan fingerprint density at radius 2 is 1.51 bits per heavy atom. The summed E-state index contributed by atoms with van der Waals surface area (Å²) in [6.07, 6.45) is 0.560. The number of aryl methyl sites for hydroxylation is 1. The van der Waals surface area contributed by atoms with Crippen LogP contribution in [0.1, 0.15) is 16.7 Å². The minimum atomic E-state index is -0.313. The van der Waals surface area contributed by atoms with E-state index in [-0.39, 0.29) is 11.8 Å². The summed E-state index contributed by atoms with van der Waals surface area (Å²) >= 11 is 0. The molecule has 0 bridgehead atoms. The quantitative estimate of drug-likeness (QED) is 0.364. The number of ether oxygens (including phenoxy) is 1. The van der Waals surface area contributed by atoms with Crippen molar-refractivity contribution in [1.29, 1.82) is 0 Å². The number of amides is 2. The summed E-state index contributed by atoms with van der Waals surface area (Å²) in [5.74, 6) is 0.175. The largest absolute Gasteiger partial charge is 0.497 e. The van der Waals surface area contributed by atoms with E-state index in [2.05, 4.69) is 5.32 Å². The van der Waals surface area contributed by atoms with Gasteiger partial charge in [-0.3, -0.25) is 14.5 Å². The molecule has 5 heteroatoms. The van der Waals surface area contributed by atoms with Crippen LogP contribution in [0.25, 0.3) is 16.3 Å². The predicted octanol–water partition coefficient (Wildman–Crippen LogP) is 5.59. The number of hydrogen-bond acceptors (Lipinski definition) is 4. The zero-order chi connectivity index (χ0) is 24.4. The molecular weight excluding hydrogens is 436 g/mol. The van der Waals surface area contributed by atoms with Crippen molar-refractivity contribution in [2.45, 2.75) is 13.3 Å². The highest BCUT2D eigenvalue weighted by atomic mass is 16.5. The molecule has 0 atom stereocenters. The number of fused-ring (bicyclic) bond motifs is 1. The van der Waals surface area contributed by atoms with Gasteiger partial charge in [0.05, 0.1) is 12.7 Å². The van der Waals surface area contributed by atoms with Crippen LogP contribution < -0.4 is 10.1 Å². The standard InChI is InChI=1S/C30H26N2O3/c1-20-10-14-23(15-11-20)27-28(31-26-9-5-7-22-6-3-4-8-25(22)26)30(34)32(29(27)33)19-18-21-12-16-24(35-2)17-13-21/h3-17,31H,18-19H2,1-2H3. The molecule has 1 N–H and O–H groups in total. The number of methoxy groups -OCH3 is 1. The molecule has 5 rings (SSSR count). The summed E-state index contributed by atoms with van der Waals surface area (Å²) in [4.78, 5) is 28.5. The molecule has 0 spiro atoms. The van der Waals surface area contributed by atoms with Crippen LogP contribution in [0.15, 0.2) is 96.7 Å². The fourth-order valence-electron chi connectivity index (χ4n) is 4.39. The van der Waals surface area contributed by atoms with Gasteiger partial charge < -0.3 is 10.1 Å². The Morgan fingerprint density at radius 1 is 0.800 bits per heavy atom. The summed E-state index contributed by atoms with van der Waals surface area (Å²) in [5.41, 5.74) is 4.34. The lowest BCUT2D eigenvalue weighted by Gasteiger charge is -2.16. The Hall–Kier alpha value is -4.38. The topological polar surface area (TPSA) is 58.6 Å². The first-order valence-corrected chi connectivity index (χ1v) is 11.6. The van der Waals surface area contributed by atoms with Crippen molar-refractivity contribution in [2.24, 2.45) is 0 Å². The van der Waals surface area contributed by atoms with Gasteiger partial charge in [0, 0.05) is 17.6 Å². The minimum absolute atomic E-state index is 0.282. The molecule has 0 saturated heterocycles. The second kappa shape index (κ2) is 9.47. The first-order chi connectivity index (χ1) is 17.0. The molecule has 0 aliphatic carbocycles.